The molecule has 1 N–H and O–H groups in total. The van der Waals surface area contributed by atoms with Gasteiger partial charge in [-0.1, -0.05) is 17.7 Å². The molecule has 288 valence electrons. The number of hydrogen-bond acceptors (Lipinski definition) is 10. The molecule has 1 aliphatic carbocycles. The number of thiocarbonyl (C=S) groups is 1. The second-order valence-electron chi connectivity index (χ2n) is 15.8. The number of piperidine rings is 2. The number of hydrogen-bond donors (Lipinski definition) is 1. The zero-order valence-corrected chi connectivity index (χ0v) is 32.5. The molecule has 2 aromatic carbocycles. The van der Waals surface area contributed by atoms with Crippen LogP contribution in [-0.2, 0) is 20.9 Å². The van der Waals surface area contributed by atoms with Crippen molar-refractivity contribution < 1.29 is 19.2 Å². The van der Waals surface area contributed by atoms with Crippen LogP contribution < -0.4 is 24.9 Å². The van der Waals surface area contributed by atoms with Crippen molar-refractivity contribution in [3.63, 3.8) is 0 Å². The molecule has 1 unspecified atom stereocenters. The van der Waals surface area contributed by atoms with E-state index < -0.39 is 11.6 Å². The van der Waals surface area contributed by atoms with Crippen LogP contribution in [0.4, 0.5) is 22.7 Å². The summed E-state index contributed by atoms with van der Waals surface area (Å²) in [6.45, 7) is 7.12. The van der Waals surface area contributed by atoms with E-state index in [0.717, 1.165) is 87.7 Å². The first-order valence-corrected chi connectivity index (χ1v) is 20.3. The average Bonchev–Trinajstić information content (AvgIpc) is 3.64. The Balaban J connectivity index is 0.773. The van der Waals surface area contributed by atoms with E-state index in [1.54, 1.807) is 11.0 Å². The van der Waals surface area contributed by atoms with Crippen LogP contribution in [0.1, 0.15) is 66.6 Å². The van der Waals surface area contributed by atoms with Gasteiger partial charge in [0.2, 0.25) is 11.8 Å². The average molecular weight is 792 g/mol. The fourth-order valence-electron chi connectivity index (χ4n) is 9.32. The molecule has 1 atom stereocenters. The minimum atomic E-state index is -0.718. The molecule has 5 fully saturated rings. The van der Waals surface area contributed by atoms with E-state index >= 15 is 0 Å². The predicted octanol–water partition coefficient (Wildman–Crippen LogP) is 4.47. The van der Waals surface area contributed by atoms with Gasteiger partial charge in [0.15, 0.2) is 10.8 Å². The van der Waals surface area contributed by atoms with Crippen molar-refractivity contribution in [1.82, 2.24) is 20.1 Å². The highest BCUT2D eigenvalue weighted by atomic mass is 35.5. The normalized spacial score (nSPS) is 22.8. The molecule has 9 rings (SSSR count). The summed E-state index contributed by atoms with van der Waals surface area (Å²) in [5.74, 6) is -0.262. The van der Waals surface area contributed by atoms with Gasteiger partial charge in [-0.2, -0.15) is 5.26 Å². The van der Waals surface area contributed by atoms with E-state index in [2.05, 4.69) is 55.3 Å². The van der Waals surface area contributed by atoms with Crippen molar-refractivity contribution in [3.8, 4) is 6.07 Å². The first-order chi connectivity index (χ1) is 27.1. The zero-order valence-electron chi connectivity index (χ0n) is 31.0. The van der Waals surface area contributed by atoms with Gasteiger partial charge in [0.25, 0.3) is 11.8 Å². The van der Waals surface area contributed by atoms with Crippen LogP contribution in [0.2, 0.25) is 5.02 Å². The number of halogens is 1. The summed E-state index contributed by atoms with van der Waals surface area (Å²) in [6.07, 6.45) is 6.70. The van der Waals surface area contributed by atoms with Crippen LogP contribution in [0.5, 0.6) is 0 Å². The van der Waals surface area contributed by atoms with Crippen LogP contribution >= 0.6 is 23.8 Å². The third-order valence-electron chi connectivity index (χ3n) is 12.6. The maximum atomic E-state index is 13.9. The largest absolute Gasteiger partial charge is 0.372 e. The molecule has 13 nitrogen and oxygen atoms in total. The lowest BCUT2D eigenvalue weighted by Crippen LogP contribution is -2.55. The molecule has 4 saturated heterocycles. The Labute approximate surface area is 335 Å². The maximum absolute atomic E-state index is 13.9. The molecular weight excluding hydrogens is 750 g/mol. The first kappa shape index (κ1) is 36.5. The molecule has 6 heterocycles. The number of rotatable bonds is 7. The number of fused-ring (bicyclic) bond motifs is 1. The Kier molecular flexibility index (Phi) is 9.42. The van der Waals surface area contributed by atoms with E-state index in [4.69, 9.17) is 23.8 Å². The van der Waals surface area contributed by atoms with E-state index in [9.17, 15) is 24.4 Å². The van der Waals surface area contributed by atoms with E-state index in [0.29, 0.717) is 48.1 Å². The number of aromatic nitrogens is 1. The Hall–Kier alpha value is -5.10. The van der Waals surface area contributed by atoms with Crippen molar-refractivity contribution >= 4 is 75.3 Å². The van der Waals surface area contributed by atoms with Crippen molar-refractivity contribution in [2.45, 2.75) is 63.1 Å². The minimum Gasteiger partial charge on any atom is -0.372 e. The quantitative estimate of drug-likeness (QED) is 0.268. The minimum absolute atomic E-state index is 0.0799. The third-order valence-corrected chi connectivity index (χ3v) is 13.3. The Bertz CT molecular complexity index is 2170. The number of imide groups is 1. The van der Waals surface area contributed by atoms with Crippen LogP contribution in [0.25, 0.3) is 0 Å². The van der Waals surface area contributed by atoms with Gasteiger partial charge in [-0.25, -0.2) is 4.98 Å². The molecule has 5 aliphatic heterocycles. The zero-order chi connectivity index (χ0) is 38.7. The van der Waals surface area contributed by atoms with Gasteiger partial charge in [-0.05, 0) is 105 Å². The number of anilines is 4. The highest BCUT2D eigenvalue weighted by Gasteiger charge is 2.59. The molecule has 1 saturated carbocycles. The van der Waals surface area contributed by atoms with Gasteiger partial charge in [-0.15, -0.1) is 0 Å². The van der Waals surface area contributed by atoms with Crippen molar-refractivity contribution in [1.29, 1.82) is 5.26 Å². The topological polar surface area (TPSA) is 136 Å². The smallest absolute Gasteiger partial charge is 0.259 e. The highest BCUT2D eigenvalue weighted by Crippen LogP contribution is 2.48. The van der Waals surface area contributed by atoms with E-state index in [1.165, 1.54) is 11.1 Å². The fourth-order valence-corrected chi connectivity index (χ4v) is 9.99. The lowest BCUT2D eigenvalue weighted by atomic mass is 9.75. The van der Waals surface area contributed by atoms with Crippen LogP contribution in [0.3, 0.4) is 0 Å². The molecule has 56 heavy (non-hydrogen) atoms. The Morgan fingerprint density at radius 3 is 2.23 bits per heavy atom. The summed E-state index contributed by atoms with van der Waals surface area (Å²) < 4.78 is 0. The molecule has 15 heteroatoms. The number of carbonyl (C=O) groups is 4. The number of amides is 4. The number of pyridine rings is 1. The molecule has 0 radical (unpaired) electrons. The van der Waals surface area contributed by atoms with Gasteiger partial charge < -0.3 is 19.6 Å². The molecule has 1 aromatic heterocycles. The lowest BCUT2D eigenvalue weighted by molar-refractivity contribution is -0.137. The summed E-state index contributed by atoms with van der Waals surface area (Å²) in [7, 11) is 0. The van der Waals surface area contributed by atoms with Crippen LogP contribution in [0, 0.1) is 17.2 Å². The molecule has 0 bridgehead atoms. The second-order valence-corrected chi connectivity index (χ2v) is 16.5. The molecule has 6 aliphatic rings. The lowest BCUT2D eigenvalue weighted by Gasteiger charge is -2.43. The molecule has 1 spiro atoms. The van der Waals surface area contributed by atoms with Crippen molar-refractivity contribution in [2.24, 2.45) is 5.92 Å². The molecule has 3 aromatic rings. The molecule has 4 amide bonds. The Morgan fingerprint density at radius 2 is 1.57 bits per heavy atom. The van der Waals surface area contributed by atoms with E-state index in [-0.39, 0.29) is 40.8 Å². The maximum Gasteiger partial charge on any atom is 0.259 e. The monoisotopic (exact) mass is 791 g/mol. The van der Waals surface area contributed by atoms with Crippen LogP contribution in [0.15, 0.2) is 54.7 Å². The Morgan fingerprint density at radius 1 is 0.875 bits per heavy atom. The summed E-state index contributed by atoms with van der Waals surface area (Å²) in [5.41, 5.74) is 4.52. The standard InChI is InChI=1S/C41H42ClN9O4S/c42-33-21-31(23-44-34(33)22-43)50-39(55)41(12-1-13-41)51(40(50)56)29-6-4-28(5-7-29)47-14-10-26(11-15-47)24-46-16-18-48(19-17-46)30-3-2-27-25-49(38(54)32(27)20-30)35-8-9-36(52)45-37(35)53/h2-7,20-21,23,26,35H,1,8-19,24-25H2,(H,45,52,53). The third kappa shape index (κ3) is 6.26. The number of carbonyl (C=O) groups excluding carboxylic acids is 4. The van der Waals surface area contributed by atoms with Gasteiger partial charge in [0, 0.05) is 81.4 Å². The van der Waals surface area contributed by atoms with Gasteiger partial charge >= 0.3 is 0 Å². The number of nitriles is 1. The van der Waals surface area contributed by atoms with E-state index in [1.807, 2.05) is 23.1 Å². The summed E-state index contributed by atoms with van der Waals surface area (Å²) in [6, 6.07) is 17.4. The summed E-state index contributed by atoms with van der Waals surface area (Å²) in [5, 5.41) is 12.2. The number of nitrogens with one attached hydrogen (secondary N) is 1. The van der Waals surface area contributed by atoms with Gasteiger partial charge in [0.05, 0.1) is 16.9 Å². The SMILES string of the molecule is N#Cc1ncc(N2C(=O)C3(CCC3)N(c3ccc(N4CCC(CN5CCN(c6ccc7c(c6)C(=O)N(C6CCC(=O)NC6=O)C7)CC5)CC4)cc3)C2=S)cc1Cl. The molecular formula is C41H42ClN9O4S. The van der Waals surface area contributed by atoms with Gasteiger partial charge in [-0.3, -0.25) is 34.3 Å². The summed E-state index contributed by atoms with van der Waals surface area (Å²) in [4.78, 5) is 67.9. The van der Waals surface area contributed by atoms with Gasteiger partial charge in [0.1, 0.15) is 17.6 Å². The van der Waals surface area contributed by atoms with Crippen molar-refractivity contribution in [2.75, 3.05) is 65.4 Å². The van der Waals surface area contributed by atoms with Crippen molar-refractivity contribution in [3.05, 3.63) is 76.6 Å². The van der Waals surface area contributed by atoms with Crippen LogP contribution in [-0.4, -0.2) is 101 Å². The highest BCUT2D eigenvalue weighted by molar-refractivity contribution is 7.81. The predicted molar refractivity (Wildman–Crippen MR) is 216 cm³/mol. The number of benzene rings is 2. The number of piperazine rings is 1. The number of nitrogens with zero attached hydrogens (tertiary/aromatic N) is 8. The fraction of sp³-hybridized carbons (Fsp3) is 0.439. The second kappa shape index (κ2) is 14.4. The summed E-state index contributed by atoms with van der Waals surface area (Å²) >= 11 is 12.2. The first-order valence-electron chi connectivity index (χ1n) is 19.5.